The lowest BCUT2D eigenvalue weighted by Crippen LogP contribution is -2.39. The van der Waals surface area contributed by atoms with E-state index in [2.05, 4.69) is 27.7 Å². The largest absolute Gasteiger partial charge is 0.491 e. The normalized spacial score (nSPS) is 19.2. The number of carbonyl (C=O) groups is 3. The first-order chi connectivity index (χ1) is 30.5. The minimum atomic E-state index is -0.843. The number of aliphatic hydroxyl groups is 1. The van der Waals surface area contributed by atoms with Gasteiger partial charge in [0, 0.05) is 62.5 Å². The van der Waals surface area contributed by atoms with Crippen LogP contribution < -0.4 is 21.3 Å². The number of aliphatic carboxylic acids is 1. The molecule has 17 heteroatoms. The molecule has 0 radical (unpaired) electrons. The van der Waals surface area contributed by atoms with E-state index in [1.54, 1.807) is 4.90 Å². The number of nitrogens with zero attached hydrogens (tertiary/aromatic N) is 5. The molecule has 3 aliphatic heterocycles. The molecule has 0 aliphatic carbocycles. The van der Waals surface area contributed by atoms with Crippen molar-refractivity contribution in [1.82, 2.24) is 29.9 Å². The summed E-state index contributed by atoms with van der Waals surface area (Å²) in [6.07, 6.45) is 7.77. The minimum absolute atomic E-state index is 0.00409. The van der Waals surface area contributed by atoms with Crippen molar-refractivity contribution in [2.45, 2.75) is 103 Å². The summed E-state index contributed by atoms with van der Waals surface area (Å²) in [5, 5.41) is 30.9. The fraction of sp³-hybridized carbons (Fsp3) is 0.630. The van der Waals surface area contributed by atoms with E-state index in [4.69, 9.17) is 35.0 Å². The Kier molecular flexibility index (Phi) is 18.5. The molecule has 6 rings (SSSR count). The third kappa shape index (κ3) is 15.0. The molecule has 3 aromatic rings. The second-order valence-corrected chi connectivity index (χ2v) is 17.3. The van der Waals surface area contributed by atoms with Crippen LogP contribution in [0.5, 0.6) is 5.75 Å². The molecular formula is C46H68N8O9. The Morgan fingerprint density at radius 3 is 2.68 bits per heavy atom. The number of unbranched alkanes of at least 4 members (excludes halogenated alkanes) is 2. The van der Waals surface area contributed by atoms with Gasteiger partial charge in [0.05, 0.1) is 56.4 Å². The number of carbonyl (C=O) groups excluding carboxylic acids is 2. The van der Waals surface area contributed by atoms with Crippen LogP contribution in [0.25, 0.3) is 5.69 Å². The number of anilines is 1. The average Bonchev–Trinajstić information content (AvgIpc) is 3.98. The van der Waals surface area contributed by atoms with E-state index >= 15 is 0 Å². The molecule has 0 spiro atoms. The quantitative estimate of drug-likeness (QED) is 0.0575. The topological polar surface area (TPSA) is 216 Å². The van der Waals surface area contributed by atoms with Gasteiger partial charge in [-0.3, -0.25) is 14.4 Å². The number of amides is 2. The number of carboxylic acids is 1. The standard InChI is InChI=1S/C46H68N8O9/c1-32-21-33(2)54(51-32)39-22-36(37(24-45(58)59)28-52-16-13-34(27-52)9-11-38-12-10-35-7-6-15-49-46(35)50-38)23-42(26-39)62-20-19-60-17-18-61-31-43(56)48-14-5-3-4-8-44(57)53-29-41(55)25-40(53)30-63-47/h10,12,21-23,26,34,37,40-41,55H,3-9,11,13-20,24-25,27-31,47H2,1-2H3,(H,48,56)(H,49,50)(H,58,59)/t34-,37-,40+,41-/m1/s1. The molecular weight excluding hydrogens is 809 g/mol. The fourth-order valence-corrected chi connectivity index (χ4v) is 8.99. The molecule has 2 saturated heterocycles. The SMILES string of the molecule is Cc1cc(C)n(-c2cc(OCCOCCOCC(=O)NCCCCCC(=O)N3C[C@H](O)C[C@H]3CON)cc([C@H](CC(=O)O)CN3CC[C@@H](CCc4ccc5c(n4)NCCC5)C3)c2)n1. The Hall–Kier alpha value is -4.65. The van der Waals surface area contributed by atoms with E-state index in [-0.39, 0.29) is 63.2 Å². The molecule has 0 unspecified atom stereocenters. The van der Waals surface area contributed by atoms with Crippen LogP contribution in [0.15, 0.2) is 36.4 Å². The van der Waals surface area contributed by atoms with Crippen molar-refractivity contribution < 1.29 is 43.6 Å². The number of likely N-dealkylation sites (tertiary alicyclic amines) is 2. The summed E-state index contributed by atoms with van der Waals surface area (Å²) in [5.41, 5.74) is 5.97. The molecule has 0 saturated carbocycles. The van der Waals surface area contributed by atoms with Crippen molar-refractivity contribution in [2.75, 3.05) is 84.2 Å². The van der Waals surface area contributed by atoms with E-state index in [9.17, 15) is 24.6 Å². The maximum Gasteiger partial charge on any atom is 0.304 e. The lowest BCUT2D eigenvalue weighted by molar-refractivity contribution is -0.137. The van der Waals surface area contributed by atoms with E-state index in [0.717, 1.165) is 98.7 Å². The zero-order valence-corrected chi connectivity index (χ0v) is 37.1. The van der Waals surface area contributed by atoms with E-state index in [1.165, 1.54) is 5.56 Å². The highest BCUT2D eigenvalue weighted by molar-refractivity contribution is 5.77. The number of benzene rings is 1. The molecule has 6 N–H and O–H groups in total. The predicted octanol–water partition coefficient (Wildman–Crippen LogP) is 3.70. The van der Waals surface area contributed by atoms with Gasteiger partial charge in [0.15, 0.2) is 0 Å². The molecule has 2 fully saturated rings. The van der Waals surface area contributed by atoms with Gasteiger partial charge >= 0.3 is 5.97 Å². The van der Waals surface area contributed by atoms with Gasteiger partial charge in [-0.15, -0.1) is 0 Å². The van der Waals surface area contributed by atoms with Crippen molar-refractivity contribution in [3.05, 3.63) is 64.6 Å². The second-order valence-electron chi connectivity index (χ2n) is 17.3. The summed E-state index contributed by atoms with van der Waals surface area (Å²) in [7, 11) is 0. The highest BCUT2D eigenvalue weighted by atomic mass is 16.6. The summed E-state index contributed by atoms with van der Waals surface area (Å²) in [4.78, 5) is 50.7. The number of pyridine rings is 1. The number of aromatic nitrogens is 3. The number of nitrogens with one attached hydrogen (secondary N) is 2. The van der Waals surface area contributed by atoms with Crippen molar-refractivity contribution in [2.24, 2.45) is 11.8 Å². The Morgan fingerprint density at radius 1 is 1.03 bits per heavy atom. The van der Waals surface area contributed by atoms with Crippen LogP contribution in [0, 0.1) is 19.8 Å². The van der Waals surface area contributed by atoms with Gasteiger partial charge in [-0.05, 0) is 113 Å². The Labute approximate surface area is 370 Å². The van der Waals surface area contributed by atoms with Crippen molar-refractivity contribution in [3.63, 3.8) is 0 Å². The van der Waals surface area contributed by atoms with Crippen molar-refractivity contribution in [3.8, 4) is 11.4 Å². The van der Waals surface area contributed by atoms with Crippen LogP contribution in [-0.2, 0) is 41.5 Å². The Balaban J connectivity index is 0.906. The molecule has 63 heavy (non-hydrogen) atoms. The van der Waals surface area contributed by atoms with Gasteiger partial charge in [-0.1, -0.05) is 12.5 Å². The molecule has 0 bridgehead atoms. The molecule has 5 heterocycles. The first-order valence-electron chi connectivity index (χ1n) is 22.7. The zero-order chi connectivity index (χ0) is 44.6. The van der Waals surface area contributed by atoms with Crippen molar-refractivity contribution in [1.29, 1.82) is 0 Å². The van der Waals surface area contributed by atoms with Gasteiger partial charge < -0.3 is 49.7 Å². The number of aliphatic hydroxyl groups excluding tert-OH is 1. The predicted molar refractivity (Wildman–Crippen MR) is 237 cm³/mol. The lowest BCUT2D eigenvalue weighted by atomic mass is 9.94. The summed E-state index contributed by atoms with van der Waals surface area (Å²) >= 11 is 0. The fourth-order valence-electron chi connectivity index (χ4n) is 8.99. The van der Waals surface area contributed by atoms with E-state index < -0.39 is 12.1 Å². The molecule has 346 valence electrons. The number of carboxylic acid groups (broad SMARTS) is 1. The summed E-state index contributed by atoms with van der Waals surface area (Å²) < 4.78 is 19.3. The highest BCUT2D eigenvalue weighted by Crippen LogP contribution is 2.32. The molecule has 2 amide bonds. The van der Waals surface area contributed by atoms with E-state index in [1.807, 2.05) is 42.8 Å². The summed E-state index contributed by atoms with van der Waals surface area (Å²) in [6, 6.07) is 12.1. The summed E-state index contributed by atoms with van der Waals surface area (Å²) in [5.74, 6) is 6.01. The lowest BCUT2D eigenvalue weighted by Gasteiger charge is -2.24. The minimum Gasteiger partial charge on any atom is -0.491 e. The van der Waals surface area contributed by atoms with Gasteiger partial charge in [0.1, 0.15) is 24.8 Å². The van der Waals surface area contributed by atoms with Crippen LogP contribution in [0.2, 0.25) is 0 Å². The average molecular weight is 877 g/mol. The van der Waals surface area contributed by atoms with Crippen molar-refractivity contribution >= 4 is 23.6 Å². The first-order valence-corrected chi connectivity index (χ1v) is 22.7. The van der Waals surface area contributed by atoms with Crippen LogP contribution >= 0.6 is 0 Å². The Bertz CT molecular complexity index is 1940. The molecule has 3 aliphatic rings. The molecule has 17 nitrogen and oxygen atoms in total. The smallest absolute Gasteiger partial charge is 0.304 e. The number of nitrogens with two attached hydrogens (primary N) is 1. The molecule has 2 aromatic heterocycles. The van der Waals surface area contributed by atoms with Gasteiger partial charge in [-0.2, -0.15) is 5.10 Å². The maximum atomic E-state index is 12.6. The third-order valence-corrected chi connectivity index (χ3v) is 12.2. The monoisotopic (exact) mass is 877 g/mol. The van der Waals surface area contributed by atoms with Crippen LogP contribution in [0.4, 0.5) is 5.82 Å². The maximum absolute atomic E-state index is 12.6. The number of rotatable bonds is 26. The molecule has 4 atom stereocenters. The zero-order valence-electron chi connectivity index (χ0n) is 37.1. The molecule has 1 aromatic carbocycles. The first kappa shape index (κ1) is 47.8. The number of β-amino-alcohol motifs (C(OH)–C–C–N with tert-alkyl or cyclic N) is 1. The Morgan fingerprint density at radius 2 is 1.87 bits per heavy atom. The number of fused-ring (bicyclic) bond motifs is 1. The van der Waals surface area contributed by atoms with Gasteiger partial charge in [0.25, 0.3) is 0 Å². The summed E-state index contributed by atoms with van der Waals surface area (Å²) in [6.45, 7) is 9.40. The van der Waals surface area contributed by atoms with E-state index in [0.29, 0.717) is 57.2 Å². The van der Waals surface area contributed by atoms with Crippen LogP contribution in [-0.4, -0.2) is 144 Å². The van der Waals surface area contributed by atoms with Crippen LogP contribution in [0.1, 0.15) is 91.9 Å². The van der Waals surface area contributed by atoms with Gasteiger partial charge in [-0.25, -0.2) is 15.6 Å². The number of ether oxygens (including phenoxy) is 3. The highest BCUT2D eigenvalue weighted by Gasteiger charge is 2.34. The van der Waals surface area contributed by atoms with Crippen LogP contribution in [0.3, 0.4) is 0 Å². The third-order valence-electron chi connectivity index (χ3n) is 12.2. The van der Waals surface area contributed by atoms with Gasteiger partial charge in [0.2, 0.25) is 11.8 Å². The number of aryl methyl sites for hydroxylation is 4. The number of hydrogen-bond donors (Lipinski definition) is 5. The number of hydrogen-bond acceptors (Lipinski definition) is 13. The second kappa shape index (κ2) is 24.4.